The minimum Gasteiger partial charge on any atom is -0.497 e. The lowest BCUT2D eigenvalue weighted by Crippen LogP contribution is -2.20. The van der Waals surface area contributed by atoms with Gasteiger partial charge in [0.05, 0.1) is 23.3 Å². The molecular formula is C27H23N3O5S. The van der Waals surface area contributed by atoms with Crippen molar-refractivity contribution in [3.63, 3.8) is 0 Å². The van der Waals surface area contributed by atoms with Crippen molar-refractivity contribution in [3.05, 3.63) is 94.4 Å². The van der Waals surface area contributed by atoms with Crippen LogP contribution >= 0.6 is 11.8 Å². The number of aliphatic imine (C=N–C) groups is 1. The summed E-state index contributed by atoms with van der Waals surface area (Å²) in [6.45, 7) is 1.55. The number of hydrogen-bond donors (Lipinski definition) is 2. The molecule has 0 radical (unpaired) electrons. The number of amides is 2. The zero-order chi connectivity index (χ0) is 25.5. The van der Waals surface area contributed by atoms with Crippen molar-refractivity contribution >= 4 is 52.2 Å². The molecule has 0 aliphatic carbocycles. The summed E-state index contributed by atoms with van der Waals surface area (Å²) in [6, 6.07) is 21.0. The van der Waals surface area contributed by atoms with Gasteiger partial charge in [-0.1, -0.05) is 29.8 Å². The Hall–Kier alpha value is -4.37. The number of aryl methyl sites for hydroxylation is 1. The van der Waals surface area contributed by atoms with Crippen LogP contribution in [-0.2, 0) is 14.3 Å². The summed E-state index contributed by atoms with van der Waals surface area (Å²) >= 11 is 1.22. The molecule has 2 N–H and O–H groups in total. The lowest BCUT2D eigenvalue weighted by atomic mass is 10.1. The Balaban J connectivity index is 1.32. The zero-order valence-corrected chi connectivity index (χ0v) is 20.4. The number of nitrogens with one attached hydrogen (secondary N) is 2. The maximum atomic E-state index is 12.3. The number of methoxy groups -OCH3 is 1. The van der Waals surface area contributed by atoms with E-state index < -0.39 is 18.5 Å². The first kappa shape index (κ1) is 24.7. The highest BCUT2D eigenvalue weighted by atomic mass is 32.2. The van der Waals surface area contributed by atoms with E-state index in [1.54, 1.807) is 73.8 Å². The van der Waals surface area contributed by atoms with Crippen LogP contribution in [0.25, 0.3) is 6.08 Å². The molecule has 36 heavy (non-hydrogen) atoms. The number of carbonyl (C=O) groups is 3. The van der Waals surface area contributed by atoms with Gasteiger partial charge >= 0.3 is 5.97 Å². The molecule has 9 heteroatoms. The third-order valence-corrected chi connectivity index (χ3v) is 5.98. The van der Waals surface area contributed by atoms with Gasteiger partial charge in [-0.05, 0) is 78.9 Å². The Kier molecular flexibility index (Phi) is 7.82. The summed E-state index contributed by atoms with van der Waals surface area (Å²) in [5.41, 5.74) is 3.42. The second kappa shape index (κ2) is 11.4. The van der Waals surface area contributed by atoms with Crippen LogP contribution in [-0.4, -0.2) is 36.7 Å². The topological polar surface area (TPSA) is 106 Å². The Labute approximate surface area is 212 Å². The van der Waals surface area contributed by atoms with E-state index >= 15 is 0 Å². The fourth-order valence-electron chi connectivity index (χ4n) is 3.17. The molecule has 182 valence electrons. The van der Waals surface area contributed by atoms with Crippen molar-refractivity contribution in [3.8, 4) is 5.75 Å². The number of hydrogen-bond acceptors (Lipinski definition) is 7. The van der Waals surface area contributed by atoms with E-state index in [1.807, 2.05) is 19.1 Å². The molecule has 1 aliphatic rings. The van der Waals surface area contributed by atoms with Gasteiger partial charge in [0.25, 0.3) is 11.8 Å². The molecule has 0 spiro atoms. The van der Waals surface area contributed by atoms with Crippen LogP contribution in [0, 0.1) is 6.92 Å². The molecule has 0 bridgehead atoms. The molecule has 1 aliphatic heterocycles. The minimum absolute atomic E-state index is 0.254. The monoisotopic (exact) mass is 501 g/mol. The van der Waals surface area contributed by atoms with E-state index in [2.05, 4.69) is 15.6 Å². The summed E-state index contributed by atoms with van der Waals surface area (Å²) in [4.78, 5) is 41.6. The van der Waals surface area contributed by atoms with E-state index in [0.29, 0.717) is 27.0 Å². The third-order valence-electron chi connectivity index (χ3n) is 5.07. The quantitative estimate of drug-likeness (QED) is 0.359. The second-order valence-electron chi connectivity index (χ2n) is 7.79. The highest BCUT2D eigenvalue weighted by Gasteiger charge is 2.23. The van der Waals surface area contributed by atoms with Gasteiger partial charge in [-0.15, -0.1) is 0 Å². The van der Waals surface area contributed by atoms with Crippen molar-refractivity contribution in [2.75, 3.05) is 19.0 Å². The summed E-state index contributed by atoms with van der Waals surface area (Å²) in [7, 11) is 1.59. The van der Waals surface area contributed by atoms with Gasteiger partial charge in [0.1, 0.15) is 5.75 Å². The lowest BCUT2D eigenvalue weighted by molar-refractivity contribution is -0.119. The average molecular weight is 502 g/mol. The number of esters is 1. The second-order valence-corrected chi connectivity index (χ2v) is 8.82. The molecule has 0 saturated carbocycles. The average Bonchev–Trinajstić information content (AvgIpc) is 3.23. The molecule has 1 fully saturated rings. The summed E-state index contributed by atoms with van der Waals surface area (Å²) in [5, 5.41) is 5.89. The maximum Gasteiger partial charge on any atom is 0.338 e. The minimum atomic E-state index is -0.616. The van der Waals surface area contributed by atoms with E-state index in [9.17, 15) is 14.4 Å². The summed E-state index contributed by atoms with van der Waals surface area (Å²) in [6.07, 6.45) is 1.71. The first-order valence-electron chi connectivity index (χ1n) is 11.0. The molecule has 1 heterocycles. The predicted octanol–water partition coefficient (Wildman–Crippen LogP) is 4.69. The molecule has 0 aromatic heterocycles. The van der Waals surface area contributed by atoms with Crippen molar-refractivity contribution in [2.45, 2.75) is 6.92 Å². The van der Waals surface area contributed by atoms with E-state index in [-0.39, 0.29) is 5.91 Å². The highest BCUT2D eigenvalue weighted by Crippen LogP contribution is 2.28. The summed E-state index contributed by atoms with van der Waals surface area (Å²) in [5.74, 6) is -0.573. The molecule has 2 amide bonds. The molecule has 8 nitrogen and oxygen atoms in total. The summed E-state index contributed by atoms with van der Waals surface area (Å²) < 4.78 is 10.2. The lowest BCUT2D eigenvalue weighted by Gasteiger charge is -2.07. The molecule has 0 atom stereocenters. The van der Waals surface area contributed by atoms with Crippen molar-refractivity contribution < 1.29 is 23.9 Å². The molecular weight excluding hydrogens is 478 g/mol. The SMILES string of the molecule is COc1ccc(N=C2NC(=O)/C(=C\c3ccc(C(=O)OCC(=O)Nc4ccc(C)cc4)cc3)S2)cc1. The fourth-order valence-corrected chi connectivity index (χ4v) is 4.01. The van der Waals surface area contributed by atoms with Gasteiger partial charge in [-0.25, -0.2) is 9.79 Å². The number of rotatable bonds is 7. The van der Waals surface area contributed by atoms with Gasteiger partial charge in [0.2, 0.25) is 0 Å². The molecule has 0 unspecified atom stereocenters. The van der Waals surface area contributed by atoms with Crippen molar-refractivity contribution in [1.82, 2.24) is 5.32 Å². The Morgan fingerprint density at radius 3 is 2.36 bits per heavy atom. The van der Waals surface area contributed by atoms with Crippen LogP contribution in [0.15, 0.2) is 82.7 Å². The van der Waals surface area contributed by atoms with E-state index in [1.165, 1.54) is 11.8 Å². The zero-order valence-electron chi connectivity index (χ0n) is 19.6. The van der Waals surface area contributed by atoms with Gasteiger partial charge in [0, 0.05) is 5.69 Å². The number of benzene rings is 3. The van der Waals surface area contributed by atoms with Crippen molar-refractivity contribution in [2.24, 2.45) is 4.99 Å². The van der Waals surface area contributed by atoms with Crippen LogP contribution in [0.4, 0.5) is 11.4 Å². The highest BCUT2D eigenvalue weighted by molar-refractivity contribution is 8.18. The third kappa shape index (κ3) is 6.61. The van der Waals surface area contributed by atoms with E-state index in [0.717, 1.165) is 16.9 Å². The molecule has 3 aromatic rings. The number of amidine groups is 1. The number of carbonyl (C=O) groups excluding carboxylic acids is 3. The fraction of sp³-hybridized carbons (Fsp3) is 0.111. The standard InChI is InChI=1S/C27H23N3O5S/c1-17-3-9-20(10-4-17)28-24(31)16-35-26(33)19-7-5-18(6-8-19)15-23-25(32)30-27(36-23)29-21-11-13-22(34-2)14-12-21/h3-15H,16H2,1-2H3,(H,28,31)(H,29,30,32)/b23-15+. The number of nitrogens with zero attached hydrogens (tertiary/aromatic N) is 1. The van der Waals surface area contributed by atoms with Crippen LogP contribution < -0.4 is 15.4 Å². The first-order valence-corrected chi connectivity index (χ1v) is 11.8. The van der Waals surface area contributed by atoms with Gasteiger partial charge in [-0.2, -0.15) is 0 Å². The van der Waals surface area contributed by atoms with Crippen LogP contribution in [0.5, 0.6) is 5.75 Å². The normalized spacial score (nSPS) is 15.0. The van der Waals surface area contributed by atoms with Crippen molar-refractivity contribution in [1.29, 1.82) is 0 Å². The number of ether oxygens (including phenoxy) is 2. The first-order chi connectivity index (χ1) is 17.4. The van der Waals surface area contributed by atoms with Crippen LogP contribution in [0.1, 0.15) is 21.5 Å². The Morgan fingerprint density at radius 1 is 1.00 bits per heavy atom. The van der Waals surface area contributed by atoms with Crippen LogP contribution in [0.2, 0.25) is 0 Å². The number of thioether (sulfide) groups is 1. The van der Waals surface area contributed by atoms with Gasteiger partial charge in [-0.3, -0.25) is 9.59 Å². The van der Waals surface area contributed by atoms with Crippen LogP contribution in [0.3, 0.4) is 0 Å². The Morgan fingerprint density at radius 2 is 1.69 bits per heavy atom. The largest absolute Gasteiger partial charge is 0.497 e. The molecule has 3 aromatic carbocycles. The Bertz CT molecular complexity index is 1330. The van der Waals surface area contributed by atoms with Gasteiger partial charge in [0.15, 0.2) is 11.8 Å². The molecule has 1 saturated heterocycles. The molecule has 4 rings (SSSR count). The van der Waals surface area contributed by atoms with Gasteiger partial charge < -0.3 is 20.1 Å². The smallest absolute Gasteiger partial charge is 0.338 e. The number of anilines is 1. The maximum absolute atomic E-state index is 12.3. The predicted molar refractivity (Wildman–Crippen MR) is 140 cm³/mol. The van der Waals surface area contributed by atoms with E-state index in [4.69, 9.17) is 9.47 Å².